The summed E-state index contributed by atoms with van der Waals surface area (Å²) in [6.07, 6.45) is 1.00. The van der Waals surface area contributed by atoms with Crippen molar-refractivity contribution in [2.45, 2.75) is 13.0 Å². The lowest BCUT2D eigenvalue weighted by atomic mass is 10.4. The SMILES string of the molecule is C[C@@H](O)CNc1ncnc2c1nnn2C. The van der Waals surface area contributed by atoms with Crippen molar-refractivity contribution < 1.29 is 5.11 Å². The van der Waals surface area contributed by atoms with Crippen molar-refractivity contribution >= 4 is 17.0 Å². The number of hydrogen-bond acceptors (Lipinski definition) is 6. The third kappa shape index (κ3) is 1.86. The van der Waals surface area contributed by atoms with E-state index in [4.69, 9.17) is 5.11 Å². The van der Waals surface area contributed by atoms with Gasteiger partial charge in [-0.1, -0.05) is 5.21 Å². The predicted octanol–water partition coefficient (Wildman–Crippen LogP) is -0.449. The maximum Gasteiger partial charge on any atom is 0.183 e. The number of fused-ring (bicyclic) bond motifs is 1. The van der Waals surface area contributed by atoms with Gasteiger partial charge in [0.1, 0.15) is 6.33 Å². The van der Waals surface area contributed by atoms with Gasteiger partial charge in [0, 0.05) is 13.6 Å². The van der Waals surface area contributed by atoms with Crippen molar-refractivity contribution in [2.24, 2.45) is 7.05 Å². The Morgan fingerprint density at radius 2 is 2.33 bits per heavy atom. The molecule has 0 aliphatic carbocycles. The Labute approximate surface area is 86.2 Å². The Balaban J connectivity index is 2.34. The lowest BCUT2D eigenvalue weighted by Crippen LogP contribution is -2.16. The third-order valence-corrected chi connectivity index (χ3v) is 1.95. The van der Waals surface area contributed by atoms with Crippen LogP contribution in [0.15, 0.2) is 6.33 Å². The van der Waals surface area contributed by atoms with Crippen LogP contribution in [0.5, 0.6) is 0 Å². The molecule has 1 atom stereocenters. The number of aromatic nitrogens is 5. The van der Waals surface area contributed by atoms with Gasteiger partial charge in [-0.2, -0.15) is 0 Å². The van der Waals surface area contributed by atoms with E-state index in [0.717, 1.165) is 0 Å². The lowest BCUT2D eigenvalue weighted by Gasteiger charge is -2.06. The minimum absolute atomic E-state index is 0.419. The Hall–Kier alpha value is -1.76. The fourth-order valence-electron chi connectivity index (χ4n) is 1.23. The minimum Gasteiger partial charge on any atom is -0.392 e. The first-order valence-electron chi connectivity index (χ1n) is 4.61. The van der Waals surface area contributed by atoms with E-state index < -0.39 is 6.10 Å². The number of nitrogens with one attached hydrogen (secondary N) is 1. The van der Waals surface area contributed by atoms with Crippen LogP contribution < -0.4 is 5.32 Å². The Morgan fingerprint density at radius 3 is 3.07 bits per heavy atom. The molecule has 0 bridgehead atoms. The summed E-state index contributed by atoms with van der Waals surface area (Å²) >= 11 is 0. The van der Waals surface area contributed by atoms with Crippen LogP contribution >= 0.6 is 0 Å². The normalized spacial score (nSPS) is 13.0. The van der Waals surface area contributed by atoms with E-state index in [-0.39, 0.29) is 0 Å². The lowest BCUT2D eigenvalue weighted by molar-refractivity contribution is 0.208. The van der Waals surface area contributed by atoms with Crippen LogP contribution in [0.25, 0.3) is 11.2 Å². The molecule has 7 heteroatoms. The number of anilines is 1. The van der Waals surface area contributed by atoms with Gasteiger partial charge in [-0.3, -0.25) is 0 Å². The summed E-state index contributed by atoms with van der Waals surface area (Å²) in [5.74, 6) is 0.592. The van der Waals surface area contributed by atoms with Crippen LogP contribution in [-0.4, -0.2) is 42.7 Å². The first-order valence-corrected chi connectivity index (χ1v) is 4.61. The zero-order valence-corrected chi connectivity index (χ0v) is 8.55. The number of aliphatic hydroxyl groups is 1. The largest absolute Gasteiger partial charge is 0.392 e. The Kier molecular flexibility index (Phi) is 2.46. The van der Waals surface area contributed by atoms with E-state index in [0.29, 0.717) is 23.5 Å². The van der Waals surface area contributed by atoms with E-state index in [1.165, 1.54) is 6.33 Å². The quantitative estimate of drug-likeness (QED) is 0.710. The molecule has 0 unspecified atom stereocenters. The average molecular weight is 208 g/mol. The second kappa shape index (κ2) is 3.77. The van der Waals surface area contributed by atoms with E-state index in [1.54, 1.807) is 18.7 Å². The van der Waals surface area contributed by atoms with Gasteiger partial charge in [-0.05, 0) is 6.92 Å². The molecule has 0 fully saturated rings. The van der Waals surface area contributed by atoms with Gasteiger partial charge in [-0.15, -0.1) is 5.10 Å². The summed E-state index contributed by atoms with van der Waals surface area (Å²) in [4.78, 5) is 8.10. The van der Waals surface area contributed by atoms with E-state index in [2.05, 4.69) is 25.6 Å². The van der Waals surface area contributed by atoms with Crippen LogP contribution in [0.2, 0.25) is 0 Å². The maximum absolute atomic E-state index is 9.14. The zero-order valence-electron chi connectivity index (χ0n) is 8.55. The van der Waals surface area contributed by atoms with Crippen LogP contribution in [0, 0.1) is 0 Å². The highest BCUT2D eigenvalue weighted by molar-refractivity contribution is 5.81. The number of rotatable bonds is 3. The van der Waals surface area contributed by atoms with Gasteiger partial charge < -0.3 is 10.4 Å². The summed E-state index contributed by atoms with van der Waals surface area (Å²) in [5.41, 5.74) is 1.28. The smallest absolute Gasteiger partial charge is 0.183 e. The summed E-state index contributed by atoms with van der Waals surface area (Å²) in [5, 5.41) is 19.9. The monoisotopic (exact) mass is 208 g/mol. The molecule has 0 amide bonds. The molecule has 0 spiro atoms. The molecule has 0 aliphatic rings. The number of nitrogens with zero attached hydrogens (tertiary/aromatic N) is 5. The topological polar surface area (TPSA) is 88.8 Å². The molecular formula is C8H12N6O. The van der Waals surface area contributed by atoms with Crippen LogP contribution in [-0.2, 0) is 7.05 Å². The van der Waals surface area contributed by atoms with Crippen molar-refractivity contribution in [3.63, 3.8) is 0 Å². The average Bonchev–Trinajstić information content (AvgIpc) is 2.58. The molecule has 2 aromatic rings. The van der Waals surface area contributed by atoms with Crippen molar-refractivity contribution in [1.29, 1.82) is 0 Å². The molecule has 2 rings (SSSR count). The summed E-state index contributed by atoms with van der Waals surface area (Å²) < 4.78 is 1.57. The Bertz CT molecular complexity index is 465. The van der Waals surface area contributed by atoms with Crippen LogP contribution in [0.1, 0.15) is 6.92 Å². The number of hydrogen-bond donors (Lipinski definition) is 2. The first-order chi connectivity index (χ1) is 7.18. The highest BCUT2D eigenvalue weighted by atomic mass is 16.3. The molecule has 0 aliphatic heterocycles. The molecule has 0 saturated heterocycles. The maximum atomic E-state index is 9.14. The third-order valence-electron chi connectivity index (χ3n) is 1.95. The molecule has 2 aromatic heterocycles. The molecule has 0 aromatic carbocycles. The van der Waals surface area contributed by atoms with Gasteiger partial charge in [0.05, 0.1) is 6.10 Å². The van der Waals surface area contributed by atoms with Crippen LogP contribution in [0.3, 0.4) is 0 Å². The molecule has 0 saturated carbocycles. The Morgan fingerprint density at radius 1 is 1.53 bits per heavy atom. The van der Waals surface area contributed by atoms with Crippen molar-refractivity contribution in [3.05, 3.63) is 6.33 Å². The van der Waals surface area contributed by atoms with Crippen molar-refractivity contribution in [2.75, 3.05) is 11.9 Å². The highest BCUT2D eigenvalue weighted by Gasteiger charge is 2.09. The van der Waals surface area contributed by atoms with Gasteiger partial charge in [0.15, 0.2) is 17.0 Å². The summed E-state index contributed by atoms with van der Waals surface area (Å²) in [6.45, 7) is 2.12. The van der Waals surface area contributed by atoms with E-state index in [1.807, 2.05) is 0 Å². The molecule has 2 N–H and O–H groups in total. The fourth-order valence-corrected chi connectivity index (χ4v) is 1.23. The number of aliphatic hydroxyl groups excluding tert-OH is 1. The molecule has 0 radical (unpaired) electrons. The second-order valence-corrected chi connectivity index (χ2v) is 3.34. The second-order valence-electron chi connectivity index (χ2n) is 3.34. The standard InChI is InChI=1S/C8H12N6O/c1-5(15)3-9-7-6-8(11-4-10-7)14(2)13-12-6/h4-5,15H,3H2,1-2H3,(H,9,10,11)/t5-/m1/s1. The number of aryl methyl sites for hydroxylation is 1. The predicted molar refractivity (Wildman–Crippen MR) is 54.3 cm³/mol. The van der Waals surface area contributed by atoms with Crippen molar-refractivity contribution in [3.8, 4) is 0 Å². The molecule has 2 heterocycles. The van der Waals surface area contributed by atoms with Gasteiger partial charge >= 0.3 is 0 Å². The van der Waals surface area contributed by atoms with Gasteiger partial charge in [-0.25, -0.2) is 14.6 Å². The first kappa shape index (κ1) is 9.78. The minimum atomic E-state index is -0.438. The van der Waals surface area contributed by atoms with Gasteiger partial charge in [0.2, 0.25) is 0 Å². The molecule has 15 heavy (non-hydrogen) atoms. The summed E-state index contributed by atoms with van der Waals surface area (Å²) in [7, 11) is 1.76. The zero-order chi connectivity index (χ0) is 10.8. The fraction of sp³-hybridized carbons (Fsp3) is 0.500. The summed E-state index contributed by atoms with van der Waals surface area (Å²) in [6, 6.07) is 0. The van der Waals surface area contributed by atoms with Crippen molar-refractivity contribution in [1.82, 2.24) is 25.0 Å². The van der Waals surface area contributed by atoms with E-state index in [9.17, 15) is 0 Å². The van der Waals surface area contributed by atoms with Gasteiger partial charge in [0.25, 0.3) is 0 Å². The van der Waals surface area contributed by atoms with E-state index >= 15 is 0 Å². The molecule has 7 nitrogen and oxygen atoms in total. The molecule has 80 valence electrons. The van der Waals surface area contributed by atoms with Crippen LogP contribution in [0.4, 0.5) is 5.82 Å². The molecular weight excluding hydrogens is 196 g/mol. The highest BCUT2D eigenvalue weighted by Crippen LogP contribution is 2.14.